The summed E-state index contributed by atoms with van der Waals surface area (Å²) in [6.07, 6.45) is 1.30. The Hall–Kier alpha value is -2.42. The average molecular weight is 280 g/mol. The van der Waals surface area contributed by atoms with Crippen LogP contribution in [0.3, 0.4) is 0 Å². The van der Waals surface area contributed by atoms with Crippen molar-refractivity contribution in [1.29, 1.82) is 0 Å². The van der Waals surface area contributed by atoms with E-state index in [1.807, 2.05) is 51.1 Å². The lowest BCUT2D eigenvalue weighted by molar-refractivity contribution is 0.0421. The summed E-state index contributed by atoms with van der Waals surface area (Å²) in [5.41, 5.74) is 0.365. The van der Waals surface area contributed by atoms with Gasteiger partial charge in [0.2, 0.25) is 5.78 Å². The second-order valence-corrected chi connectivity index (χ2v) is 6.13. The zero-order valence-corrected chi connectivity index (χ0v) is 12.3. The third-order valence-corrected chi connectivity index (χ3v) is 3.32. The molecule has 0 aromatic heterocycles. The highest BCUT2D eigenvalue weighted by Gasteiger charge is 2.30. The van der Waals surface area contributed by atoms with Crippen LogP contribution in [-0.2, 0) is 4.74 Å². The Morgan fingerprint density at radius 2 is 1.67 bits per heavy atom. The summed E-state index contributed by atoms with van der Waals surface area (Å²) in [6.45, 7) is 5.55. The van der Waals surface area contributed by atoms with Crippen LogP contribution >= 0.6 is 0 Å². The summed E-state index contributed by atoms with van der Waals surface area (Å²) in [5, 5.41) is 1.73. The van der Waals surface area contributed by atoms with Crippen LogP contribution in [0.25, 0.3) is 10.8 Å². The number of benzene rings is 2. The van der Waals surface area contributed by atoms with Gasteiger partial charge in [-0.25, -0.2) is 0 Å². The fraction of sp³-hybridized carbons (Fsp3) is 0.222. The summed E-state index contributed by atoms with van der Waals surface area (Å²) >= 11 is 0. The van der Waals surface area contributed by atoms with E-state index in [1.165, 1.54) is 6.08 Å². The van der Waals surface area contributed by atoms with Gasteiger partial charge in [-0.05, 0) is 37.6 Å². The molecular weight excluding hydrogens is 264 g/mol. The maximum atomic E-state index is 12.7. The molecule has 0 spiro atoms. The van der Waals surface area contributed by atoms with E-state index in [1.54, 1.807) is 6.07 Å². The smallest absolute Gasteiger partial charge is 0.229 e. The van der Waals surface area contributed by atoms with Crippen LogP contribution in [0.2, 0.25) is 0 Å². The van der Waals surface area contributed by atoms with Gasteiger partial charge in [-0.3, -0.25) is 9.59 Å². The van der Waals surface area contributed by atoms with Gasteiger partial charge < -0.3 is 4.74 Å². The van der Waals surface area contributed by atoms with Crippen molar-refractivity contribution in [1.82, 2.24) is 0 Å². The van der Waals surface area contributed by atoms with Crippen LogP contribution < -0.4 is 0 Å². The quantitative estimate of drug-likeness (QED) is 0.795. The Morgan fingerprint density at radius 3 is 2.38 bits per heavy atom. The van der Waals surface area contributed by atoms with Gasteiger partial charge in [0.15, 0.2) is 11.5 Å². The van der Waals surface area contributed by atoms with Crippen molar-refractivity contribution in [3.8, 4) is 0 Å². The van der Waals surface area contributed by atoms with Gasteiger partial charge in [-0.2, -0.15) is 0 Å². The predicted molar refractivity (Wildman–Crippen MR) is 81.5 cm³/mol. The van der Waals surface area contributed by atoms with Crippen LogP contribution in [0.5, 0.6) is 0 Å². The van der Waals surface area contributed by atoms with E-state index in [-0.39, 0.29) is 17.3 Å². The van der Waals surface area contributed by atoms with E-state index in [2.05, 4.69) is 0 Å². The first-order chi connectivity index (χ1) is 9.87. The van der Waals surface area contributed by atoms with E-state index in [0.29, 0.717) is 11.1 Å². The molecule has 2 aromatic rings. The molecule has 2 aromatic carbocycles. The molecule has 106 valence electrons. The summed E-state index contributed by atoms with van der Waals surface area (Å²) in [5.74, 6) is -0.290. The minimum absolute atomic E-state index is 0.122. The standard InChI is InChI=1S/C18H16O3/c1-18(2,3)21-15-10-14(19)13-9-8-11-6-4-5-7-12(11)16(13)17(15)20/h4-10H,1-3H3. The first-order valence-electron chi connectivity index (χ1n) is 6.88. The first-order valence-corrected chi connectivity index (χ1v) is 6.88. The molecule has 1 aliphatic rings. The summed E-state index contributed by atoms with van der Waals surface area (Å²) in [7, 11) is 0. The molecule has 0 saturated carbocycles. The number of rotatable bonds is 1. The minimum Gasteiger partial charge on any atom is -0.484 e. The molecule has 3 rings (SSSR count). The molecule has 0 heterocycles. The Morgan fingerprint density at radius 1 is 0.952 bits per heavy atom. The normalized spacial score (nSPS) is 14.9. The minimum atomic E-state index is -0.524. The highest BCUT2D eigenvalue weighted by Crippen LogP contribution is 2.30. The number of fused-ring (bicyclic) bond motifs is 3. The molecule has 1 aliphatic carbocycles. The molecule has 3 nitrogen and oxygen atoms in total. The van der Waals surface area contributed by atoms with Gasteiger partial charge in [0, 0.05) is 17.2 Å². The molecule has 0 amide bonds. The fourth-order valence-electron chi connectivity index (χ4n) is 2.51. The molecular formula is C18H16O3. The van der Waals surface area contributed by atoms with E-state index in [4.69, 9.17) is 4.74 Å². The van der Waals surface area contributed by atoms with Crippen molar-refractivity contribution in [2.24, 2.45) is 0 Å². The van der Waals surface area contributed by atoms with Gasteiger partial charge in [-0.15, -0.1) is 0 Å². The molecule has 0 fully saturated rings. The largest absolute Gasteiger partial charge is 0.484 e. The highest BCUT2D eigenvalue weighted by atomic mass is 16.5. The number of hydrogen-bond acceptors (Lipinski definition) is 3. The van der Waals surface area contributed by atoms with Crippen LogP contribution in [-0.4, -0.2) is 17.2 Å². The SMILES string of the molecule is CC(C)(C)OC1=CC(=O)c2ccc3ccccc3c2C1=O. The summed E-state index contributed by atoms with van der Waals surface area (Å²) in [4.78, 5) is 25.0. The van der Waals surface area contributed by atoms with Crippen molar-refractivity contribution in [3.63, 3.8) is 0 Å². The lowest BCUT2D eigenvalue weighted by atomic mass is 9.89. The van der Waals surface area contributed by atoms with E-state index >= 15 is 0 Å². The molecule has 0 aliphatic heterocycles. The Kier molecular flexibility index (Phi) is 2.94. The van der Waals surface area contributed by atoms with Crippen LogP contribution in [0, 0.1) is 0 Å². The van der Waals surface area contributed by atoms with E-state index < -0.39 is 5.60 Å². The molecule has 0 bridgehead atoms. The monoisotopic (exact) mass is 280 g/mol. The number of hydrogen-bond donors (Lipinski definition) is 0. The van der Waals surface area contributed by atoms with Gasteiger partial charge in [0.05, 0.1) is 0 Å². The van der Waals surface area contributed by atoms with Crippen molar-refractivity contribution in [2.75, 3.05) is 0 Å². The number of carbonyl (C=O) groups excluding carboxylic acids is 2. The predicted octanol–water partition coefficient (Wildman–Crippen LogP) is 3.92. The summed E-state index contributed by atoms with van der Waals surface area (Å²) in [6, 6.07) is 11.1. The second-order valence-electron chi connectivity index (χ2n) is 6.13. The fourth-order valence-corrected chi connectivity index (χ4v) is 2.51. The van der Waals surface area contributed by atoms with Crippen LogP contribution in [0.4, 0.5) is 0 Å². The molecule has 3 heteroatoms. The maximum Gasteiger partial charge on any atom is 0.229 e. The number of ketones is 2. The van der Waals surface area contributed by atoms with Gasteiger partial charge in [0.25, 0.3) is 0 Å². The summed E-state index contributed by atoms with van der Waals surface area (Å²) < 4.78 is 5.66. The number of carbonyl (C=O) groups is 2. The van der Waals surface area contributed by atoms with Crippen molar-refractivity contribution >= 4 is 22.3 Å². The van der Waals surface area contributed by atoms with Gasteiger partial charge >= 0.3 is 0 Å². The Balaban J connectivity index is 2.20. The zero-order chi connectivity index (χ0) is 15.2. The molecule has 0 atom stereocenters. The lowest BCUT2D eigenvalue weighted by Gasteiger charge is -2.25. The molecule has 21 heavy (non-hydrogen) atoms. The third kappa shape index (κ3) is 2.35. The third-order valence-electron chi connectivity index (χ3n) is 3.32. The molecule has 0 unspecified atom stereocenters. The average Bonchev–Trinajstić information content (AvgIpc) is 2.42. The van der Waals surface area contributed by atoms with Gasteiger partial charge in [0.1, 0.15) is 5.60 Å². The van der Waals surface area contributed by atoms with Crippen LogP contribution in [0.1, 0.15) is 41.5 Å². The number of ether oxygens (including phenoxy) is 1. The maximum absolute atomic E-state index is 12.7. The first kappa shape index (κ1) is 13.6. The molecule has 0 N–H and O–H groups in total. The number of Topliss-reactive ketones (excluding diaryl/α,β-unsaturated/α-hetero) is 1. The number of allylic oxidation sites excluding steroid dienone is 2. The zero-order valence-electron chi connectivity index (χ0n) is 12.3. The van der Waals surface area contributed by atoms with E-state index in [0.717, 1.165) is 10.8 Å². The Labute approximate surface area is 123 Å². The van der Waals surface area contributed by atoms with Crippen LogP contribution in [0.15, 0.2) is 48.2 Å². The van der Waals surface area contributed by atoms with Crippen molar-refractivity contribution in [3.05, 3.63) is 59.4 Å². The molecule has 0 radical (unpaired) electrons. The molecule has 0 saturated heterocycles. The topological polar surface area (TPSA) is 43.4 Å². The lowest BCUT2D eigenvalue weighted by Crippen LogP contribution is -2.26. The highest BCUT2D eigenvalue weighted by molar-refractivity contribution is 6.28. The van der Waals surface area contributed by atoms with Gasteiger partial charge in [-0.1, -0.05) is 30.3 Å². The Bertz CT molecular complexity index is 792. The van der Waals surface area contributed by atoms with Crippen molar-refractivity contribution in [2.45, 2.75) is 26.4 Å². The van der Waals surface area contributed by atoms with E-state index in [9.17, 15) is 9.59 Å². The second kappa shape index (κ2) is 4.55. The van der Waals surface area contributed by atoms with Crippen molar-refractivity contribution < 1.29 is 14.3 Å².